The highest BCUT2D eigenvalue weighted by Crippen LogP contribution is 2.20. The van der Waals surface area contributed by atoms with Gasteiger partial charge in [0, 0.05) is 30.4 Å². The van der Waals surface area contributed by atoms with E-state index in [0.717, 1.165) is 17.0 Å². The van der Waals surface area contributed by atoms with Gasteiger partial charge in [0.15, 0.2) is 5.65 Å². The number of morpholine rings is 1. The lowest BCUT2D eigenvalue weighted by molar-refractivity contribution is 0.0297. The zero-order valence-electron chi connectivity index (χ0n) is 13.5. The lowest BCUT2D eigenvalue weighted by Crippen LogP contribution is -2.41. The fourth-order valence-corrected chi connectivity index (χ4v) is 2.93. The molecule has 1 amide bonds. The summed E-state index contributed by atoms with van der Waals surface area (Å²) in [6.07, 6.45) is 0. The van der Waals surface area contributed by atoms with Crippen molar-refractivity contribution in [3.63, 3.8) is 0 Å². The number of ether oxygens (including phenoxy) is 1. The predicted molar refractivity (Wildman–Crippen MR) is 89.9 cm³/mol. The monoisotopic (exact) mass is 322 g/mol. The highest BCUT2D eigenvalue weighted by molar-refractivity contribution is 5.93. The third kappa shape index (κ3) is 2.65. The molecule has 1 saturated heterocycles. The molecule has 24 heavy (non-hydrogen) atoms. The minimum Gasteiger partial charge on any atom is -0.378 e. The average molecular weight is 322 g/mol. The Bertz CT molecular complexity index is 883. The van der Waals surface area contributed by atoms with Crippen molar-refractivity contribution in [3.8, 4) is 11.3 Å². The molecule has 1 fully saturated rings. The summed E-state index contributed by atoms with van der Waals surface area (Å²) in [5.74, 6) is -0.0310. The highest BCUT2D eigenvalue weighted by atomic mass is 16.5. The summed E-state index contributed by atoms with van der Waals surface area (Å²) < 4.78 is 6.98. The van der Waals surface area contributed by atoms with Crippen LogP contribution in [0.3, 0.4) is 0 Å². The zero-order chi connectivity index (χ0) is 16.5. The third-order valence-electron chi connectivity index (χ3n) is 4.14. The molecule has 1 aromatic carbocycles. The van der Waals surface area contributed by atoms with Gasteiger partial charge in [-0.15, -0.1) is 0 Å². The van der Waals surface area contributed by atoms with E-state index in [4.69, 9.17) is 4.74 Å². The van der Waals surface area contributed by atoms with Gasteiger partial charge in [-0.1, -0.05) is 30.3 Å². The molecule has 3 heterocycles. The summed E-state index contributed by atoms with van der Waals surface area (Å²) >= 11 is 0. The smallest absolute Gasteiger partial charge is 0.272 e. The first-order valence-corrected chi connectivity index (χ1v) is 8.02. The number of hydrogen-bond donors (Lipinski definition) is 0. The molecule has 1 aliphatic heterocycles. The number of fused-ring (bicyclic) bond motifs is 1. The van der Waals surface area contributed by atoms with E-state index in [0.29, 0.717) is 37.6 Å². The van der Waals surface area contributed by atoms with Gasteiger partial charge in [-0.2, -0.15) is 5.10 Å². The Morgan fingerprint density at radius 1 is 1.12 bits per heavy atom. The number of benzene rings is 1. The Hall–Kier alpha value is -2.73. The summed E-state index contributed by atoms with van der Waals surface area (Å²) in [6.45, 7) is 4.26. The van der Waals surface area contributed by atoms with Gasteiger partial charge < -0.3 is 9.64 Å². The number of amides is 1. The molecular formula is C18H18N4O2. The molecule has 3 aromatic rings. The van der Waals surface area contributed by atoms with Crippen LogP contribution >= 0.6 is 0 Å². The van der Waals surface area contributed by atoms with Gasteiger partial charge in [0.05, 0.1) is 18.9 Å². The van der Waals surface area contributed by atoms with Gasteiger partial charge >= 0.3 is 0 Å². The number of nitrogens with zero attached hydrogens (tertiary/aromatic N) is 4. The predicted octanol–water partition coefficient (Wildman–Crippen LogP) is 2.18. The summed E-state index contributed by atoms with van der Waals surface area (Å²) in [6, 6.07) is 13.6. The number of carbonyl (C=O) groups excluding carboxylic acids is 1. The molecule has 6 nitrogen and oxygen atoms in total. The maximum absolute atomic E-state index is 12.9. The molecule has 6 heteroatoms. The van der Waals surface area contributed by atoms with Crippen molar-refractivity contribution < 1.29 is 9.53 Å². The van der Waals surface area contributed by atoms with Gasteiger partial charge in [-0.05, 0) is 13.0 Å². The summed E-state index contributed by atoms with van der Waals surface area (Å²) in [4.78, 5) is 19.2. The van der Waals surface area contributed by atoms with E-state index in [-0.39, 0.29) is 5.91 Å². The second-order valence-electron chi connectivity index (χ2n) is 5.85. The SMILES string of the molecule is Cc1cc(C(=O)N2CCOCC2)n2nc(-c3ccccc3)cc2n1. The van der Waals surface area contributed by atoms with Crippen LogP contribution < -0.4 is 0 Å². The standard InChI is InChI=1S/C18H18N4O2/c1-13-11-16(18(23)21-7-9-24-10-8-21)22-17(19-13)12-15(20-22)14-5-3-2-4-6-14/h2-6,11-12H,7-10H2,1H3. The first-order valence-electron chi connectivity index (χ1n) is 8.02. The first kappa shape index (κ1) is 14.8. The topological polar surface area (TPSA) is 59.7 Å². The van der Waals surface area contributed by atoms with Crippen molar-refractivity contribution in [2.45, 2.75) is 6.92 Å². The van der Waals surface area contributed by atoms with Crippen LogP contribution in [0.15, 0.2) is 42.5 Å². The molecule has 0 aliphatic carbocycles. The molecule has 0 unspecified atom stereocenters. The van der Waals surface area contributed by atoms with Gasteiger partial charge in [0.1, 0.15) is 5.69 Å². The van der Waals surface area contributed by atoms with E-state index >= 15 is 0 Å². The zero-order valence-corrected chi connectivity index (χ0v) is 13.5. The largest absolute Gasteiger partial charge is 0.378 e. The van der Waals surface area contributed by atoms with Crippen LogP contribution in [-0.2, 0) is 4.74 Å². The van der Waals surface area contributed by atoms with E-state index < -0.39 is 0 Å². The second kappa shape index (κ2) is 6.05. The third-order valence-corrected chi connectivity index (χ3v) is 4.14. The maximum Gasteiger partial charge on any atom is 0.272 e. The molecule has 0 bridgehead atoms. The molecule has 0 atom stereocenters. The molecule has 122 valence electrons. The molecule has 0 saturated carbocycles. The Kier molecular flexibility index (Phi) is 3.74. The Morgan fingerprint density at radius 3 is 2.62 bits per heavy atom. The number of carbonyl (C=O) groups is 1. The van der Waals surface area contributed by atoms with Crippen molar-refractivity contribution >= 4 is 11.6 Å². The summed E-state index contributed by atoms with van der Waals surface area (Å²) in [7, 11) is 0. The minimum absolute atomic E-state index is 0.0310. The quantitative estimate of drug-likeness (QED) is 0.725. The van der Waals surface area contributed by atoms with E-state index in [1.54, 1.807) is 10.6 Å². The van der Waals surface area contributed by atoms with Crippen LogP contribution in [0.25, 0.3) is 16.9 Å². The summed E-state index contributed by atoms with van der Waals surface area (Å²) in [5, 5.41) is 4.62. The van der Waals surface area contributed by atoms with Crippen LogP contribution in [0, 0.1) is 6.92 Å². The fraction of sp³-hybridized carbons (Fsp3) is 0.278. The molecule has 0 radical (unpaired) electrons. The first-order chi connectivity index (χ1) is 11.7. The molecule has 2 aromatic heterocycles. The van der Waals surface area contributed by atoms with Gasteiger partial charge in [0.25, 0.3) is 5.91 Å². The van der Waals surface area contributed by atoms with Crippen LogP contribution in [-0.4, -0.2) is 51.7 Å². The van der Waals surface area contributed by atoms with Crippen molar-refractivity contribution in [1.82, 2.24) is 19.5 Å². The molecule has 0 N–H and O–H groups in total. The number of aryl methyl sites for hydroxylation is 1. The second-order valence-corrected chi connectivity index (χ2v) is 5.85. The van der Waals surface area contributed by atoms with Crippen LogP contribution in [0.1, 0.15) is 16.2 Å². The number of aromatic nitrogens is 3. The van der Waals surface area contributed by atoms with E-state index in [1.807, 2.05) is 48.2 Å². The van der Waals surface area contributed by atoms with Gasteiger partial charge in [-0.3, -0.25) is 4.79 Å². The number of hydrogen-bond acceptors (Lipinski definition) is 4. The van der Waals surface area contributed by atoms with E-state index in [9.17, 15) is 4.79 Å². The van der Waals surface area contributed by atoms with Crippen molar-refractivity contribution in [1.29, 1.82) is 0 Å². The van der Waals surface area contributed by atoms with Crippen molar-refractivity contribution in [2.75, 3.05) is 26.3 Å². The molecule has 4 rings (SSSR count). The summed E-state index contributed by atoms with van der Waals surface area (Å²) in [5.41, 5.74) is 3.85. The van der Waals surface area contributed by atoms with Crippen LogP contribution in [0.5, 0.6) is 0 Å². The maximum atomic E-state index is 12.9. The molecule has 1 aliphatic rings. The van der Waals surface area contributed by atoms with E-state index in [1.165, 1.54) is 0 Å². The number of rotatable bonds is 2. The molecular weight excluding hydrogens is 304 g/mol. The molecule has 0 spiro atoms. The Morgan fingerprint density at radius 2 is 1.88 bits per heavy atom. The minimum atomic E-state index is -0.0310. The van der Waals surface area contributed by atoms with Crippen LogP contribution in [0.4, 0.5) is 0 Å². The Labute approximate surface area is 139 Å². The van der Waals surface area contributed by atoms with Gasteiger partial charge in [-0.25, -0.2) is 9.50 Å². The lowest BCUT2D eigenvalue weighted by atomic mass is 10.2. The fourth-order valence-electron chi connectivity index (χ4n) is 2.93. The average Bonchev–Trinajstić information content (AvgIpc) is 3.06. The Balaban J connectivity index is 1.80. The van der Waals surface area contributed by atoms with Crippen molar-refractivity contribution in [2.24, 2.45) is 0 Å². The lowest BCUT2D eigenvalue weighted by Gasteiger charge is -2.26. The van der Waals surface area contributed by atoms with Gasteiger partial charge in [0.2, 0.25) is 0 Å². The normalized spacial score (nSPS) is 15.0. The highest BCUT2D eigenvalue weighted by Gasteiger charge is 2.22. The van der Waals surface area contributed by atoms with Crippen LogP contribution in [0.2, 0.25) is 0 Å². The van der Waals surface area contributed by atoms with Crippen molar-refractivity contribution in [3.05, 3.63) is 53.9 Å². The van der Waals surface area contributed by atoms with E-state index in [2.05, 4.69) is 10.1 Å².